The number of hydrogen-bond acceptors (Lipinski definition) is 2. The first-order chi connectivity index (χ1) is 28.3. The normalized spacial score (nSPS) is 22.8. The molecule has 0 atom stereocenters. The maximum Gasteiger partial charge on any atom is 0.416 e. The molecule has 4 fully saturated rings. The van der Waals surface area contributed by atoms with Crippen molar-refractivity contribution >= 4 is 48.6 Å². The van der Waals surface area contributed by atoms with Gasteiger partial charge in [-0.3, -0.25) is 0 Å². The van der Waals surface area contributed by atoms with Gasteiger partial charge in [0.1, 0.15) is 0 Å². The fourth-order valence-corrected chi connectivity index (χ4v) is 13.4. The Kier molecular flexibility index (Phi) is 7.52. The highest BCUT2D eigenvalue weighted by atomic mass is 32.1. The van der Waals surface area contributed by atoms with Crippen molar-refractivity contribution in [1.82, 2.24) is 0 Å². The van der Waals surface area contributed by atoms with Crippen molar-refractivity contribution in [3.63, 3.8) is 0 Å². The number of halogens is 3. The summed E-state index contributed by atoms with van der Waals surface area (Å²) in [5.74, 6) is 3.08. The number of thiophene rings is 1. The highest BCUT2D eigenvalue weighted by molar-refractivity contribution is 7.26. The third-order valence-electron chi connectivity index (χ3n) is 14.3. The van der Waals surface area contributed by atoms with Gasteiger partial charge in [0.15, 0.2) is 0 Å². The van der Waals surface area contributed by atoms with Crippen molar-refractivity contribution in [3.8, 4) is 33.4 Å². The second kappa shape index (κ2) is 12.7. The molecule has 0 N–H and O–H groups in total. The van der Waals surface area contributed by atoms with E-state index in [1.54, 1.807) is 29.0 Å². The van der Waals surface area contributed by atoms with Crippen LogP contribution in [0.4, 0.5) is 30.2 Å². The molecule has 0 amide bonds. The van der Waals surface area contributed by atoms with Crippen molar-refractivity contribution in [2.75, 3.05) is 4.90 Å². The second-order valence-corrected chi connectivity index (χ2v) is 18.3. The Morgan fingerprint density at radius 2 is 1.16 bits per heavy atom. The average molecular weight is 780 g/mol. The molecule has 1 spiro atoms. The fourth-order valence-electron chi connectivity index (χ4n) is 12.3. The zero-order valence-corrected chi connectivity index (χ0v) is 32.7. The Balaban J connectivity index is 1.06. The minimum Gasteiger partial charge on any atom is -0.310 e. The lowest BCUT2D eigenvalue weighted by Gasteiger charge is -2.61. The Morgan fingerprint density at radius 3 is 1.93 bits per heavy atom. The first-order valence-electron chi connectivity index (χ1n) is 20.7. The standard InChI is InChI=1S/C53H40F3NS/c54-53(55,56)36-18-20-39(21-19-36)57(48-14-8-16-50-51(48)44-12-5-7-15-49(44)58-50)40-22-24-41(45(31-40)34-9-2-1-3-10-34)35-17-23-43-42-11-4-6-13-46(42)52(47(43)30-35)37-26-32-25-33(28-37)29-38(52)27-32/h1-24,30-33,37-38H,25-29H2. The van der Waals surface area contributed by atoms with Crippen LogP contribution in [0, 0.1) is 23.7 Å². The van der Waals surface area contributed by atoms with E-state index in [9.17, 15) is 13.2 Å². The molecule has 5 aliphatic rings. The van der Waals surface area contributed by atoms with Gasteiger partial charge in [0.2, 0.25) is 0 Å². The van der Waals surface area contributed by atoms with Gasteiger partial charge in [-0.2, -0.15) is 13.2 Å². The molecule has 58 heavy (non-hydrogen) atoms. The predicted molar refractivity (Wildman–Crippen MR) is 233 cm³/mol. The number of rotatable bonds is 5. The van der Waals surface area contributed by atoms with Gasteiger partial charge in [-0.1, -0.05) is 97.1 Å². The van der Waals surface area contributed by atoms with Gasteiger partial charge in [-0.25, -0.2) is 0 Å². The van der Waals surface area contributed by atoms with Crippen molar-refractivity contribution in [3.05, 3.63) is 174 Å². The molecule has 7 aromatic carbocycles. The quantitative estimate of drug-likeness (QED) is 0.168. The van der Waals surface area contributed by atoms with E-state index < -0.39 is 11.7 Å². The van der Waals surface area contributed by atoms with E-state index in [2.05, 4.69) is 132 Å². The van der Waals surface area contributed by atoms with E-state index >= 15 is 0 Å². The van der Waals surface area contributed by atoms with Crippen molar-refractivity contribution < 1.29 is 13.2 Å². The Hall–Kier alpha value is -5.65. The van der Waals surface area contributed by atoms with Crippen LogP contribution in [-0.4, -0.2) is 0 Å². The lowest BCUT2D eigenvalue weighted by atomic mass is 9.43. The van der Waals surface area contributed by atoms with Gasteiger partial charge < -0.3 is 4.90 Å². The third kappa shape index (κ3) is 5.02. The van der Waals surface area contributed by atoms with Crippen LogP contribution in [0.1, 0.15) is 48.8 Å². The fraction of sp³-hybridized carbons (Fsp3) is 0.208. The van der Waals surface area contributed by atoms with E-state index in [-0.39, 0.29) is 5.41 Å². The van der Waals surface area contributed by atoms with Crippen molar-refractivity contribution in [1.29, 1.82) is 0 Å². The zero-order chi connectivity index (χ0) is 38.8. The van der Waals surface area contributed by atoms with Crippen LogP contribution in [0.15, 0.2) is 158 Å². The van der Waals surface area contributed by atoms with Gasteiger partial charge in [0, 0.05) is 37.0 Å². The minimum atomic E-state index is -4.43. The lowest BCUT2D eigenvalue weighted by molar-refractivity contribution is -0.137. The van der Waals surface area contributed by atoms with Crippen LogP contribution in [0.25, 0.3) is 53.6 Å². The molecule has 5 heteroatoms. The Labute approximate surface area is 340 Å². The number of alkyl halides is 3. The van der Waals surface area contributed by atoms with E-state index in [1.807, 2.05) is 6.07 Å². The van der Waals surface area contributed by atoms with Crippen LogP contribution < -0.4 is 4.90 Å². The van der Waals surface area contributed by atoms with E-state index in [1.165, 1.54) is 71.2 Å². The molecule has 1 nitrogen and oxygen atoms in total. The molecular formula is C53H40F3NS. The average Bonchev–Trinajstić information content (AvgIpc) is 3.77. The number of fused-ring (bicyclic) bond motifs is 6. The lowest BCUT2D eigenvalue weighted by Crippen LogP contribution is -2.55. The van der Waals surface area contributed by atoms with Crippen LogP contribution in [-0.2, 0) is 11.6 Å². The van der Waals surface area contributed by atoms with Crippen LogP contribution in [0.5, 0.6) is 0 Å². The number of hydrogen-bond donors (Lipinski definition) is 0. The first-order valence-corrected chi connectivity index (χ1v) is 21.5. The summed E-state index contributed by atoms with van der Waals surface area (Å²) in [5.41, 5.74) is 12.3. The third-order valence-corrected chi connectivity index (χ3v) is 15.4. The summed E-state index contributed by atoms with van der Waals surface area (Å²) in [7, 11) is 0. The van der Waals surface area contributed by atoms with Crippen molar-refractivity contribution in [2.45, 2.75) is 43.7 Å². The van der Waals surface area contributed by atoms with Gasteiger partial charge >= 0.3 is 6.18 Å². The largest absolute Gasteiger partial charge is 0.416 e. The minimum absolute atomic E-state index is 0.0591. The SMILES string of the molecule is FC(F)(F)c1ccc(N(c2ccc(-c3ccc4c(c3)C3(c5ccccc5-4)C4CC5CC(C4)CC3C5)c(-c3ccccc3)c2)c2cccc3sc4ccccc4c23)cc1. The molecule has 284 valence electrons. The molecular weight excluding hydrogens is 740 g/mol. The van der Waals surface area contributed by atoms with Gasteiger partial charge in [-0.05, 0) is 161 Å². The summed E-state index contributed by atoms with van der Waals surface area (Å²) < 4.78 is 44.0. The summed E-state index contributed by atoms with van der Waals surface area (Å²) in [6.45, 7) is 0. The van der Waals surface area contributed by atoms with E-state index in [4.69, 9.17) is 0 Å². The highest BCUT2D eigenvalue weighted by Crippen LogP contribution is 2.69. The van der Waals surface area contributed by atoms with Crippen molar-refractivity contribution in [2.24, 2.45) is 23.7 Å². The topological polar surface area (TPSA) is 3.24 Å². The summed E-state index contributed by atoms with van der Waals surface area (Å²) in [6.07, 6.45) is 2.33. The predicted octanol–water partition coefficient (Wildman–Crippen LogP) is 15.6. The summed E-state index contributed by atoms with van der Waals surface area (Å²) >= 11 is 1.74. The monoisotopic (exact) mass is 779 g/mol. The molecule has 4 bridgehead atoms. The summed E-state index contributed by atoms with van der Waals surface area (Å²) in [5, 5.41) is 2.22. The smallest absolute Gasteiger partial charge is 0.310 e. The van der Waals surface area contributed by atoms with Gasteiger partial charge in [0.05, 0.1) is 11.3 Å². The Bertz CT molecular complexity index is 2880. The molecule has 0 aliphatic heterocycles. The maximum atomic E-state index is 13.9. The maximum absolute atomic E-state index is 13.9. The van der Waals surface area contributed by atoms with Crippen LogP contribution in [0.2, 0.25) is 0 Å². The molecule has 0 saturated heterocycles. The molecule has 0 radical (unpaired) electrons. The molecule has 8 aromatic rings. The molecule has 13 rings (SSSR count). The zero-order valence-electron chi connectivity index (χ0n) is 31.8. The van der Waals surface area contributed by atoms with Gasteiger partial charge in [-0.15, -0.1) is 11.3 Å². The highest BCUT2D eigenvalue weighted by Gasteiger charge is 2.61. The van der Waals surface area contributed by atoms with Crippen LogP contribution >= 0.6 is 11.3 Å². The summed E-state index contributed by atoms with van der Waals surface area (Å²) in [4.78, 5) is 2.14. The number of anilines is 3. The molecule has 1 heterocycles. The molecule has 1 aromatic heterocycles. The van der Waals surface area contributed by atoms with E-state index in [0.29, 0.717) is 17.5 Å². The summed E-state index contributed by atoms with van der Waals surface area (Å²) in [6, 6.07) is 54.0. The molecule has 4 saturated carbocycles. The number of benzene rings is 7. The van der Waals surface area contributed by atoms with Crippen LogP contribution in [0.3, 0.4) is 0 Å². The number of nitrogens with zero attached hydrogens (tertiary/aromatic N) is 1. The Morgan fingerprint density at radius 1 is 0.500 bits per heavy atom. The van der Waals surface area contributed by atoms with Gasteiger partial charge in [0.25, 0.3) is 0 Å². The molecule has 5 aliphatic carbocycles. The molecule has 0 unspecified atom stereocenters. The van der Waals surface area contributed by atoms with E-state index in [0.717, 1.165) is 55.4 Å². The first kappa shape index (κ1) is 34.4. The second-order valence-electron chi connectivity index (χ2n) is 17.2.